The highest BCUT2D eigenvalue weighted by Gasteiger charge is 2.45. The first-order valence-corrected chi connectivity index (χ1v) is 10.6. The Morgan fingerprint density at radius 3 is 2.40 bits per heavy atom. The lowest BCUT2D eigenvalue weighted by molar-refractivity contribution is -0.124. The molecule has 0 unspecified atom stereocenters. The lowest BCUT2D eigenvalue weighted by Gasteiger charge is -2.40. The summed E-state index contributed by atoms with van der Waals surface area (Å²) in [6.45, 7) is 8.40. The molecule has 1 aliphatic carbocycles. The molecule has 0 saturated carbocycles. The van der Waals surface area contributed by atoms with Crippen LogP contribution in [0.15, 0.2) is 66.4 Å². The van der Waals surface area contributed by atoms with Crippen LogP contribution in [0.1, 0.15) is 48.6 Å². The third-order valence-corrected chi connectivity index (χ3v) is 6.31. The van der Waals surface area contributed by atoms with Crippen molar-refractivity contribution < 1.29 is 4.79 Å². The molecule has 2 heterocycles. The molecule has 5 rings (SSSR count). The zero-order chi connectivity index (χ0) is 21.0. The van der Waals surface area contributed by atoms with Gasteiger partial charge in [-0.15, -0.1) is 0 Å². The number of fused-ring (bicyclic) bond motifs is 2. The maximum Gasteiger partial charge on any atom is 0.143 e. The smallest absolute Gasteiger partial charge is 0.143 e. The summed E-state index contributed by atoms with van der Waals surface area (Å²) < 4.78 is 1.99. The number of carbonyl (C=O) groups excluding carboxylic acids is 1. The van der Waals surface area contributed by atoms with Crippen LogP contribution in [-0.4, -0.2) is 15.6 Å². The van der Waals surface area contributed by atoms with E-state index in [-0.39, 0.29) is 17.3 Å². The number of hydrogen-bond donors (Lipinski definition) is 1. The van der Waals surface area contributed by atoms with Gasteiger partial charge in [0.1, 0.15) is 11.6 Å². The molecule has 2 aromatic carbocycles. The average Bonchev–Trinajstić information content (AvgIpc) is 3.03. The van der Waals surface area contributed by atoms with Gasteiger partial charge >= 0.3 is 0 Å². The first kappa shape index (κ1) is 18.9. The van der Waals surface area contributed by atoms with Crippen LogP contribution in [0.4, 0.5) is 5.82 Å². The molecule has 0 radical (unpaired) electrons. The third kappa shape index (κ3) is 2.98. The van der Waals surface area contributed by atoms with Crippen LogP contribution in [-0.2, 0) is 4.79 Å². The summed E-state index contributed by atoms with van der Waals surface area (Å²) in [5.74, 6) is 1.05. The van der Waals surface area contributed by atoms with Gasteiger partial charge in [-0.25, -0.2) is 4.68 Å². The Balaban J connectivity index is 1.76. The Hall–Kier alpha value is -3.14. The van der Waals surface area contributed by atoms with Crippen LogP contribution < -0.4 is 5.32 Å². The number of nitrogens with zero attached hydrogens (tertiary/aromatic N) is 2. The number of allylic oxidation sites excluding steroid dienone is 2. The Morgan fingerprint density at radius 1 is 1.00 bits per heavy atom. The molecule has 2 aliphatic rings. The molecule has 3 aromatic rings. The van der Waals surface area contributed by atoms with Crippen LogP contribution >= 0.6 is 0 Å². The minimum absolute atomic E-state index is 0.0310. The number of carbonyl (C=O) groups is 1. The van der Waals surface area contributed by atoms with E-state index in [9.17, 15) is 4.79 Å². The minimum Gasteiger partial charge on any atom is -0.343 e. The number of nitrogens with one attached hydrogen (secondary N) is 1. The summed E-state index contributed by atoms with van der Waals surface area (Å²) >= 11 is 0. The lowest BCUT2D eigenvalue weighted by Crippen LogP contribution is -2.39. The van der Waals surface area contributed by atoms with Gasteiger partial charge in [0.05, 0.1) is 17.3 Å². The van der Waals surface area contributed by atoms with Crippen LogP contribution in [0.2, 0.25) is 0 Å². The molecule has 152 valence electrons. The second kappa shape index (κ2) is 6.69. The molecular weight excluding hydrogens is 370 g/mol. The van der Waals surface area contributed by atoms with Crippen LogP contribution in [0.5, 0.6) is 0 Å². The summed E-state index contributed by atoms with van der Waals surface area (Å²) in [5, 5.41) is 8.53. The van der Waals surface area contributed by atoms with Crippen molar-refractivity contribution in [3.8, 4) is 5.69 Å². The van der Waals surface area contributed by atoms with Gasteiger partial charge in [-0.2, -0.15) is 5.10 Å². The van der Waals surface area contributed by atoms with Crippen LogP contribution in [0, 0.1) is 25.2 Å². The number of Topliss-reactive ketones (excluding diaryl/α,β-unsaturated/α-hetero) is 1. The Bertz CT molecular complexity index is 1150. The van der Waals surface area contributed by atoms with E-state index in [1.54, 1.807) is 0 Å². The zero-order valence-corrected chi connectivity index (χ0v) is 17.9. The number of benzene rings is 2. The molecule has 4 nitrogen and oxygen atoms in total. The fourth-order valence-corrected chi connectivity index (χ4v) is 5.00. The van der Waals surface area contributed by atoms with Crippen molar-refractivity contribution in [2.24, 2.45) is 11.3 Å². The molecule has 0 saturated heterocycles. The van der Waals surface area contributed by atoms with Crippen LogP contribution in [0.3, 0.4) is 0 Å². The van der Waals surface area contributed by atoms with Gasteiger partial charge in [0.2, 0.25) is 0 Å². The largest absolute Gasteiger partial charge is 0.343 e. The molecular formula is C26H27N3O. The summed E-state index contributed by atoms with van der Waals surface area (Å²) in [6.07, 6.45) is 2.81. The fraction of sp³-hybridized carbons (Fsp3) is 0.308. The molecule has 1 aliphatic heterocycles. The first-order chi connectivity index (χ1) is 14.3. The van der Waals surface area contributed by atoms with E-state index in [1.165, 1.54) is 5.56 Å². The highest BCUT2D eigenvalue weighted by Crippen LogP contribution is 2.50. The predicted octanol–water partition coefficient (Wildman–Crippen LogP) is 5.55. The summed E-state index contributed by atoms with van der Waals surface area (Å²) in [6, 6.07) is 18.8. The molecule has 4 heteroatoms. The van der Waals surface area contributed by atoms with E-state index in [1.807, 2.05) is 17.7 Å². The second-order valence-electron chi connectivity index (χ2n) is 9.32. The van der Waals surface area contributed by atoms with E-state index < -0.39 is 0 Å². The van der Waals surface area contributed by atoms with Gasteiger partial charge in [-0.3, -0.25) is 4.79 Å². The van der Waals surface area contributed by atoms with Gasteiger partial charge < -0.3 is 5.32 Å². The number of aromatic nitrogens is 2. The van der Waals surface area contributed by atoms with Crippen molar-refractivity contribution in [3.63, 3.8) is 0 Å². The maximum absolute atomic E-state index is 13.4. The second-order valence-corrected chi connectivity index (χ2v) is 9.32. The van der Waals surface area contributed by atoms with E-state index >= 15 is 0 Å². The highest BCUT2D eigenvalue weighted by atomic mass is 16.1. The Kier molecular flexibility index (Phi) is 4.21. The molecule has 0 fully saturated rings. The number of ketones is 1. The Morgan fingerprint density at radius 2 is 1.70 bits per heavy atom. The minimum atomic E-state index is -0.192. The van der Waals surface area contributed by atoms with E-state index in [2.05, 4.69) is 80.7 Å². The monoisotopic (exact) mass is 397 g/mol. The van der Waals surface area contributed by atoms with Gasteiger partial charge in [-0.05, 0) is 37.0 Å². The van der Waals surface area contributed by atoms with Gasteiger partial charge in [0.25, 0.3) is 0 Å². The number of hydrogen-bond acceptors (Lipinski definition) is 3. The molecule has 0 bridgehead atoms. The van der Waals surface area contributed by atoms with Crippen molar-refractivity contribution in [1.82, 2.24) is 9.78 Å². The van der Waals surface area contributed by atoms with Crippen molar-refractivity contribution in [2.75, 3.05) is 5.32 Å². The van der Waals surface area contributed by atoms with Crippen molar-refractivity contribution in [3.05, 3.63) is 88.8 Å². The highest BCUT2D eigenvalue weighted by molar-refractivity contribution is 5.90. The summed E-state index contributed by atoms with van der Waals surface area (Å²) in [7, 11) is 0. The standard InChI is InChI=1S/C26H27N3O/c1-16-10-12-19(13-11-16)29-25-22(17(2)28-29)23(18-8-6-5-7-9-18)24-20(27-25)14-26(3,4)15-21(24)30/h5-14,23-24,27H,15H2,1-4H3/t23-,24-/m0/s1. The first-order valence-electron chi connectivity index (χ1n) is 10.6. The fourth-order valence-electron chi connectivity index (χ4n) is 5.00. The third-order valence-electron chi connectivity index (χ3n) is 6.31. The number of aryl methyl sites for hydroxylation is 2. The number of rotatable bonds is 2. The van der Waals surface area contributed by atoms with Gasteiger partial charge in [0.15, 0.2) is 0 Å². The van der Waals surface area contributed by atoms with Crippen molar-refractivity contribution >= 4 is 11.6 Å². The van der Waals surface area contributed by atoms with Gasteiger partial charge in [-0.1, -0.05) is 68.0 Å². The van der Waals surface area contributed by atoms with E-state index in [0.29, 0.717) is 12.2 Å². The normalized spacial score (nSPS) is 22.0. The molecule has 0 spiro atoms. The molecule has 30 heavy (non-hydrogen) atoms. The average molecular weight is 398 g/mol. The van der Waals surface area contributed by atoms with Crippen molar-refractivity contribution in [1.29, 1.82) is 0 Å². The lowest BCUT2D eigenvalue weighted by atomic mass is 9.67. The predicted molar refractivity (Wildman–Crippen MR) is 120 cm³/mol. The molecule has 2 atom stereocenters. The SMILES string of the molecule is Cc1ccc(-n2nc(C)c3c2NC2=CC(C)(C)CC(=O)[C@H]2[C@H]3c2ccccc2)cc1. The Labute approximate surface area is 177 Å². The maximum atomic E-state index is 13.4. The molecule has 1 N–H and O–H groups in total. The zero-order valence-electron chi connectivity index (χ0n) is 17.9. The van der Waals surface area contributed by atoms with Gasteiger partial charge in [0, 0.05) is 23.6 Å². The van der Waals surface area contributed by atoms with E-state index in [4.69, 9.17) is 5.10 Å². The van der Waals surface area contributed by atoms with E-state index in [0.717, 1.165) is 34.0 Å². The quantitative estimate of drug-likeness (QED) is 0.617. The molecule has 1 aromatic heterocycles. The number of anilines is 1. The van der Waals surface area contributed by atoms with Crippen molar-refractivity contribution in [2.45, 2.75) is 40.0 Å². The molecule has 0 amide bonds. The van der Waals surface area contributed by atoms with Crippen LogP contribution in [0.25, 0.3) is 5.69 Å². The summed E-state index contributed by atoms with van der Waals surface area (Å²) in [4.78, 5) is 13.4. The topological polar surface area (TPSA) is 46.9 Å². The summed E-state index contributed by atoms with van der Waals surface area (Å²) in [5.41, 5.74) is 6.33.